The fraction of sp³-hybridized carbons (Fsp3) is 0.571. The molecule has 3 heteroatoms. The number of hydrogen-bond donors (Lipinski definition) is 2. The summed E-state index contributed by atoms with van der Waals surface area (Å²) in [6.45, 7) is 3.78. The molecule has 0 saturated heterocycles. The SMILES string of the molecule is CNC(=O)C(NC)=C(C)C. The van der Waals surface area contributed by atoms with Gasteiger partial charge in [0.25, 0.3) is 5.91 Å². The first-order valence-electron chi connectivity index (χ1n) is 3.20. The molecule has 0 aromatic carbocycles. The Morgan fingerprint density at radius 2 is 1.60 bits per heavy atom. The van der Waals surface area contributed by atoms with E-state index in [0.717, 1.165) is 5.57 Å². The van der Waals surface area contributed by atoms with E-state index in [9.17, 15) is 4.79 Å². The van der Waals surface area contributed by atoms with Gasteiger partial charge >= 0.3 is 0 Å². The second-order valence-corrected chi connectivity index (χ2v) is 2.20. The van der Waals surface area contributed by atoms with E-state index in [4.69, 9.17) is 0 Å². The number of hydrogen-bond acceptors (Lipinski definition) is 2. The van der Waals surface area contributed by atoms with E-state index in [1.54, 1.807) is 14.1 Å². The van der Waals surface area contributed by atoms with Crippen LogP contribution in [0.25, 0.3) is 0 Å². The van der Waals surface area contributed by atoms with Gasteiger partial charge in [-0.15, -0.1) is 0 Å². The molecule has 0 aromatic heterocycles. The lowest BCUT2D eigenvalue weighted by Crippen LogP contribution is -2.27. The van der Waals surface area contributed by atoms with E-state index in [-0.39, 0.29) is 5.91 Å². The third-order valence-corrected chi connectivity index (χ3v) is 1.20. The number of likely N-dealkylation sites (N-methyl/N-ethyl adjacent to an activating group) is 2. The van der Waals surface area contributed by atoms with Crippen LogP contribution in [-0.4, -0.2) is 20.0 Å². The second kappa shape index (κ2) is 3.93. The average Bonchev–Trinajstić information content (AvgIpc) is 1.88. The molecule has 0 atom stereocenters. The third kappa shape index (κ3) is 2.09. The number of amides is 1. The Morgan fingerprint density at radius 3 is 1.70 bits per heavy atom. The molecule has 0 heterocycles. The zero-order valence-electron chi connectivity index (χ0n) is 6.91. The largest absolute Gasteiger partial charge is 0.384 e. The molecule has 2 N–H and O–H groups in total. The lowest BCUT2D eigenvalue weighted by atomic mass is 10.2. The van der Waals surface area contributed by atoms with Crippen molar-refractivity contribution in [1.82, 2.24) is 10.6 Å². The fourth-order valence-electron chi connectivity index (χ4n) is 0.716. The maximum absolute atomic E-state index is 11.0. The van der Waals surface area contributed by atoms with Crippen LogP contribution < -0.4 is 10.6 Å². The fourth-order valence-corrected chi connectivity index (χ4v) is 0.716. The first kappa shape index (κ1) is 9.01. The maximum atomic E-state index is 11.0. The highest BCUT2D eigenvalue weighted by Gasteiger charge is 2.04. The van der Waals surface area contributed by atoms with Crippen molar-refractivity contribution in [3.8, 4) is 0 Å². The molecule has 10 heavy (non-hydrogen) atoms. The molecular weight excluding hydrogens is 128 g/mol. The van der Waals surface area contributed by atoms with E-state index in [0.29, 0.717) is 5.70 Å². The third-order valence-electron chi connectivity index (χ3n) is 1.20. The van der Waals surface area contributed by atoms with Crippen LogP contribution >= 0.6 is 0 Å². The minimum absolute atomic E-state index is 0.0671. The molecule has 1 amide bonds. The lowest BCUT2D eigenvalue weighted by molar-refractivity contribution is -0.117. The molecule has 0 radical (unpaired) electrons. The van der Waals surface area contributed by atoms with Crippen LogP contribution in [0.15, 0.2) is 11.3 Å². The average molecular weight is 142 g/mol. The van der Waals surface area contributed by atoms with Crippen LogP contribution in [0.2, 0.25) is 0 Å². The highest BCUT2D eigenvalue weighted by Crippen LogP contribution is 1.97. The Labute approximate surface area is 61.5 Å². The van der Waals surface area contributed by atoms with E-state index in [2.05, 4.69) is 10.6 Å². The Morgan fingerprint density at radius 1 is 1.10 bits per heavy atom. The highest BCUT2D eigenvalue weighted by atomic mass is 16.1. The van der Waals surface area contributed by atoms with Gasteiger partial charge in [-0.3, -0.25) is 4.79 Å². The lowest BCUT2D eigenvalue weighted by Gasteiger charge is -2.05. The van der Waals surface area contributed by atoms with Crippen molar-refractivity contribution < 1.29 is 4.79 Å². The number of allylic oxidation sites excluding steroid dienone is 1. The van der Waals surface area contributed by atoms with Gasteiger partial charge in [-0.25, -0.2) is 0 Å². The normalized spacial score (nSPS) is 8.40. The number of carbonyl (C=O) groups excluding carboxylic acids is 1. The van der Waals surface area contributed by atoms with E-state index >= 15 is 0 Å². The van der Waals surface area contributed by atoms with Crippen molar-refractivity contribution in [3.05, 3.63) is 11.3 Å². The Balaban J connectivity index is 4.37. The van der Waals surface area contributed by atoms with Crippen molar-refractivity contribution >= 4 is 5.91 Å². The van der Waals surface area contributed by atoms with Crippen LogP contribution in [0.4, 0.5) is 0 Å². The van der Waals surface area contributed by atoms with E-state index in [1.165, 1.54) is 0 Å². The summed E-state index contributed by atoms with van der Waals surface area (Å²) in [5, 5.41) is 5.36. The van der Waals surface area contributed by atoms with E-state index < -0.39 is 0 Å². The van der Waals surface area contributed by atoms with Gasteiger partial charge in [-0.1, -0.05) is 0 Å². The van der Waals surface area contributed by atoms with Gasteiger partial charge in [0, 0.05) is 14.1 Å². The van der Waals surface area contributed by atoms with Gasteiger partial charge in [0.2, 0.25) is 0 Å². The number of rotatable bonds is 2. The minimum atomic E-state index is -0.0671. The van der Waals surface area contributed by atoms with E-state index in [1.807, 2.05) is 13.8 Å². The first-order valence-corrected chi connectivity index (χ1v) is 3.20. The molecule has 0 fully saturated rings. The maximum Gasteiger partial charge on any atom is 0.267 e. The predicted octanol–water partition coefficient (Wildman–Crippen LogP) is 0.246. The van der Waals surface area contributed by atoms with Gasteiger partial charge in [-0.2, -0.15) is 0 Å². The molecular formula is C7H14N2O. The predicted molar refractivity (Wildman–Crippen MR) is 41.5 cm³/mol. The smallest absolute Gasteiger partial charge is 0.267 e. The first-order chi connectivity index (χ1) is 4.63. The topological polar surface area (TPSA) is 41.1 Å². The molecule has 0 saturated carbocycles. The highest BCUT2D eigenvalue weighted by molar-refractivity contribution is 5.93. The zero-order valence-corrected chi connectivity index (χ0v) is 6.91. The van der Waals surface area contributed by atoms with Crippen LogP contribution in [0, 0.1) is 0 Å². The molecule has 0 aromatic rings. The summed E-state index contributed by atoms with van der Waals surface area (Å²) >= 11 is 0. The summed E-state index contributed by atoms with van der Waals surface area (Å²) in [6.07, 6.45) is 0. The van der Waals surface area contributed by atoms with Gasteiger partial charge in [-0.05, 0) is 19.4 Å². The molecule has 58 valence electrons. The molecule has 0 bridgehead atoms. The van der Waals surface area contributed by atoms with Gasteiger partial charge in [0.1, 0.15) is 0 Å². The molecule has 0 spiro atoms. The van der Waals surface area contributed by atoms with Crippen LogP contribution in [0.3, 0.4) is 0 Å². The standard InChI is InChI=1S/C7H14N2O/c1-5(2)6(8-3)7(10)9-4/h8H,1-4H3,(H,9,10). The summed E-state index contributed by atoms with van der Waals surface area (Å²) in [7, 11) is 3.35. The van der Waals surface area contributed by atoms with Crippen molar-refractivity contribution in [2.75, 3.05) is 14.1 Å². The van der Waals surface area contributed by atoms with Crippen LogP contribution in [0.5, 0.6) is 0 Å². The van der Waals surface area contributed by atoms with Gasteiger partial charge in [0.05, 0.1) is 5.70 Å². The van der Waals surface area contributed by atoms with Crippen molar-refractivity contribution in [1.29, 1.82) is 0 Å². The summed E-state index contributed by atoms with van der Waals surface area (Å²) in [6, 6.07) is 0. The summed E-state index contributed by atoms with van der Waals surface area (Å²) in [4.78, 5) is 11.0. The Hall–Kier alpha value is -0.990. The summed E-state index contributed by atoms with van der Waals surface area (Å²) in [5.41, 5.74) is 1.63. The summed E-state index contributed by atoms with van der Waals surface area (Å²) in [5.74, 6) is -0.0671. The monoisotopic (exact) mass is 142 g/mol. The van der Waals surface area contributed by atoms with Gasteiger partial charge < -0.3 is 10.6 Å². The Bertz CT molecular complexity index is 157. The van der Waals surface area contributed by atoms with Gasteiger partial charge in [0.15, 0.2) is 0 Å². The van der Waals surface area contributed by atoms with Crippen molar-refractivity contribution in [2.24, 2.45) is 0 Å². The van der Waals surface area contributed by atoms with Crippen molar-refractivity contribution in [3.63, 3.8) is 0 Å². The molecule has 3 nitrogen and oxygen atoms in total. The van der Waals surface area contributed by atoms with Crippen molar-refractivity contribution in [2.45, 2.75) is 13.8 Å². The number of carbonyl (C=O) groups is 1. The molecule has 0 aliphatic carbocycles. The second-order valence-electron chi connectivity index (χ2n) is 2.20. The molecule has 0 rings (SSSR count). The van der Waals surface area contributed by atoms with Crippen LogP contribution in [0.1, 0.15) is 13.8 Å². The minimum Gasteiger partial charge on any atom is -0.384 e. The zero-order chi connectivity index (χ0) is 8.15. The summed E-state index contributed by atoms with van der Waals surface area (Å²) < 4.78 is 0. The molecule has 0 aliphatic heterocycles. The number of nitrogens with one attached hydrogen (secondary N) is 2. The Kier molecular flexibility index (Phi) is 3.54. The quantitative estimate of drug-likeness (QED) is 0.542. The molecule has 0 aliphatic rings. The van der Waals surface area contributed by atoms with Crippen LogP contribution in [-0.2, 0) is 4.79 Å². The molecule has 0 unspecified atom stereocenters.